The minimum Gasteiger partial charge on any atom is -0.409 e. The van der Waals surface area contributed by atoms with Crippen LogP contribution in [0.2, 0.25) is 19.6 Å². The molecule has 0 saturated carbocycles. The lowest BCUT2D eigenvalue weighted by Crippen LogP contribution is -2.49. The number of hydrogen-bond acceptors (Lipinski definition) is 2. The van der Waals surface area contributed by atoms with Crippen LogP contribution in [0, 0.1) is 0 Å². The first-order valence-corrected chi connectivity index (χ1v) is 8.92. The fourth-order valence-electron chi connectivity index (χ4n) is 2.39. The molecule has 0 amide bonds. The predicted octanol–water partition coefficient (Wildman–Crippen LogP) is 2.88. The number of allylic oxidation sites excluding steroid dienone is 2. The molecule has 84 valence electrons. The third kappa shape index (κ3) is 1.84. The molecule has 1 fully saturated rings. The largest absolute Gasteiger partial charge is 0.409 e. The van der Waals surface area contributed by atoms with Gasteiger partial charge in [0.15, 0.2) is 8.32 Å². The Balaban J connectivity index is 2.17. The van der Waals surface area contributed by atoms with E-state index in [2.05, 4.69) is 51.7 Å². The van der Waals surface area contributed by atoms with Gasteiger partial charge >= 0.3 is 0 Å². The maximum Gasteiger partial charge on any atom is 0.184 e. The van der Waals surface area contributed by atoms with Gasteiger partial charge in [0.2, 0.25) is 0 Å². The van der Waals surface area contributed by atoms with E-state index in [1.165, 1.54) is 0 Å². The summed E-state index contributed by atoms with van der Waals surface area (Å²) in [5.41, 5.74) is -0.439. The molecule has 0 aromatic rings. The Labute approximate surface area is 93.1 Å². The Bertz CT molecular complexity index is 325. The van der Waals surface area contributed by atoms with Gasteiger partial charge in [-0.1, -0.05) is 18.2 Å². The smallest absolute Gasteiger partial charge is 0.184 e. The van der Waals surface area contributed by atoms with E-state index < -0.39 is 8.32 Å². The molecule has 1 heterocycles. The highest BCUT2D eigenvalue weighted by molar-refractivity contribution is 6.69. The second-order valence-electron chi connectivity index (χ2n) is 5.80. The molecule has 1 aliphatic heterocycles. The molecule has 1 aliphatic carbocycles. The Morgan fingerprint density at radius 3 is 2.47 bits per heavy atom. The number of ether oxygens (including phenoxy) is 1. The lowest BCUT2D eigenvalue weighted by atomic mass is 9.85. The first kappa shape index (κ1) is 11.1. The van der Waals surface area contributed by atoms with E-state index in [0.717, 1.165) is 0 Å². The minimum absolute atomic E-state index is 0.206. The highest BCUT2D eigenvalue weighted by Gasteiger charge is 2.64. The van der Waals surface area contributed by atoms with Crippen molar-refractivity contribution in [1.29, 1.82) is 0 Å². The van der Waals surface area contributed by atoms with Crippen LogP contribution in [0.25, 0.3) is 0 Å². The summed E-state index contributed by atoms with van der Waals surface area (Å²) in [4.78, 5) is 0. The highest BCUT2D eigenvalue weighted by atomic mass is 28.4. The number of epoxide rings is 1. The van der Waals surface area contributed by atoms with Crippen LogP contribution in [0.4, 0.5) is 0 Å². The van der Waals surface area contributed by atoms with Crippen LogP contribution in [0.3, 0.4) is 0 Å². The quantitative estimate of drug-likeness (QED) is 0.543. The zero-order valence-corrected chi connectivity index (χ0v) is 11.2. The van der Waals surface area contributed by atoms with Gasteiger partial charge in [-0.05, 0) is 39.6 Å². The fourth-order valence-corrected chi connectivity index (χ4v) is 4.08. The van der Waals surface area contributed by atoms with E-state index in [9.17, 15) is 0 Å². The van der Waals surface area contributed by atoms with Crippen LogP contribution >= 0.6 is 0 Å². The van der Waals surface area contributed by atoms with E-state index in [1.54, 1.807) is 0 Å². The Morgan fingerprint density at radius 1 is 1.27 bits per heavy atom. The fraction of sp³-hybridized carbons (Fsp3) is 0.667. The predicted molar refractivity (Wildman–Crippen MR) is 64.4 cm³/mol. The maximum atomic E-state index is 6.24. The molecule has 1 saturated heterocycles. The van der Waals surface area contributed by atoms with Crippen molar-refractivity contribution in [2.75, 3.05) is 0 Å². The van der Waals surface area contributed by atoms with Crippen molar-refractivity contribution in [3.8, 4) is 0 Å². The molecule has 2 nitrogen and oxygen atoms in total. The van der Waals surface area contributed by atoms with Gasteiger partial charge in [0.25, 0.3) is 0 Å². The van der Waals surface area contributed by atoms with Crippen molar-refractivity contribution in [2.24, 2.45) is 0 Å². The van der Waals surface area contributed by atoms with Gasteiger partial charge in [-0.25, -0.2) is 0 Å². The molecule has 15 heavy (non-hydrogen) atoms. The summed E-state index contributed by atoms with van der Waals surface area (Å²) in [5.74, 6) is 0. The number of rotatable bonds is 3. The van der Waals surface area contributed by atoms with Crippen molar-refractivity contribution >= 4 is 8.32 Å². The average molecular weight is 224 g/mol. The van der Waals surface area contributed by atoms with Gasteiger partial charge in [-0.3, -0.25) is 0 Å². The van der Waals surface area contributed by atoms with E-state index in [1.807, 2.05) is 6.08 Å². The summed E-state index contributed by atoms with van der Waals surface area (Å²) < 4.78 is 12.0. The molecule has 0 N–H and O–H groups in total. The molecular weight excluding hydrogens is 204 g/mol. The summed E-state index contributed by atoms with van der Waals surface area (Å²) in [6.45, 7) is 10.9. The molecular formula is C12H20O2Si. The van der Waals surface area contributed by atoms with E-state index in [4.69, 9.17) is 9.16 Å². The van der Waals surface area contributed by atoms with Crippen molar-refractivity contribution < 1.29 is 9.16 Å². The standard InChI is InChI=1S/C12H20O2Si/c1-11(2,14-15(3,4)5)12-9-7-6-8-10(12)13-12/h6-10H,1-5H3. The third-order valence-corrected chi connectivity index (χ3v) is 4.05. The van der Waals surface area contributed by atoms with Gasteiger partial charge in [0.1, 0.15) is 11.7 Å². The van der Waals surface area contributed by atoms with Crippen LogP contribution in [0.5, 0.6) is 0 Å². The molecule has 0 aromatic heterocycles. The lowest BCUT2D eigenvalue weighted by Gasteiger charge is -2.37. The Morgan fingerprint density at radius 2 is 1.93 bits per heavy atom. The molecule has 2 atom stereocenters. The zero-order valence-electron chi connectivity index (χ0n) is 10.2. The van der Waals surface area contributed by atoms with Crippen LogP contribution < -0.4 is 0 Å². The molecule has 0 radical (unpaired) electrons. The van der Waals surface area contributed by atoms with Crippen LogP contribution in [0.1, 0.15) is 13.8 Å². The molecule has 2 rings (SSSR count). The van der Waals surface area contributed by atoms with Crippen molar-refractivity contribution in [2.45, 2.75) is 50.8 Å². The van der Waals surface area contributed by atoms with Gasteiger partial charge in [-0.2, -0.15) is 0 Å². The molecule has 3 heteroatoms. The minimum atomic E-state index is -1.53. The van der Waals surface area contributed by atoms with E-state index in [0.29, 0.717) is 0 Å². The second-order valence-corrected chi connectivity index (χ2v) is 10.2. The first-order chi connectivity index (χ1) is 6.77. The summed E-state index contributed by atoms with van der Waals surface area (Å²) in [6.07, 6.45) is 8.56. The third-order valence-electron chi connectivity index (χ3n) is 2.93. The Hall–Kier alpha value is -0.383. The lowest BCUT2D eigenvalue weighted by molar-refractivity contribution is 0.0335. The summed E-state index contributed by atoms with van der Waals surface area (Å²) in [7, 11) is -1.53. The van der Waals surface area contributed by atoms with Crippen molar-refractivity contribution in [1.82, 2.24) is 0 Å². The van der Waals surface area contributed by atoms with Crippen LogP contribution in [0.15, 0.2) is 24.3 Å². The molecule has 2 unspecified atom stereocenters. The average Bonchev–Trinajstić information content (AvgIpc) is 2.74. The van der Waals surface area contributed by atoms with Gasteiger partial charge < -0.3 is 9.16 Å². The molecule has 2 aliphatic rings. The van der Waals surface area contributed by atoms with Gasteiger partial charge in [0, 0.05) is 0 Å². The molecule has 0 spiro atoms. The van der Waals surface area contributed by atoms with E-state index >= 15 is 0 Å². The second kappa shape index (κ2) is 3.06. The normalized spacial score (nSPS) is 34.1. The highest BCUT2D eigenvalue weighted by Crippen LogP contribution is 2.51. The van der Waals surface area contributed by atoms with Gasteiger partial charge in [-0.15, -0.1) is 0 Å². The van der Waals surface area contributed by atoms with Gasteiger partial charge in [0.05, 0.1) is 5.60 Å². The monoisotopic (exact) mass is 224 g/mol. The molecule has 0 bridgehead atoms. The summed E-state index contributed by atoms with van der Waals surface area (Å²) >= 11 is 0. The molecule has 0 aromatic carbocycles. The Kier molecular flexibility index (Phi) is 2.27. The van der Waals surface area contributed by atoms with E-state index in [-0.39, 0.29) is 17.3 Å². The first-order valence-electron chi connectivity index (χ1n) is 5.51. The van der Waals surface area contributed by atoms with Crippen LogP contribution in [-0.4, -0.2) is 25.6 Å². The maximum absolute atomic E-state index is 6.24. The van der Waals surface area contributed by atoms with Crippen LogP contribution in [-0.2, 0) is 9.16 Å². The number of fused-ring (bicyclic) bond motifs is 1. The summed E-state index contributed by atoms with van der Waals surface area (Å²) in [6, 6.07) is 0. The zero-order chi connectivity index (χ0) is 11.3. The SMILES string of the molecule is CC(C)(O[Si](C)(C)C)C12C=CC=CC1O2. The number of hydrogen-bond donors (Lipinski definition) is 0. The topological polar surface area (TPSA) is 21.8 Å². The summed E-state index contributed by atoms with van der Waals surface area (Å²) in [5, 5.41) is 0. The van der Waals surface area contributed by atoms with Crippen molar-refractivity contribution in [3.63, 3.8) is 0 Å². The van der Waals surface area contributed by atoms with Crippen molar-refractivity contribution in [3.05, 3.63) is 24.3 Å².